The summed E-state index contributed by atoms with van der Waals surface area (Å²) in [5.74, 6) is -0.452. The number of pyridine rings is 1. The largest absolute Gasteiger partial charge is 0.336 e. The maximum atomic E-state index is 14.2. The van der Waals surface area contributed by atoms with Gasteiger partial charge in [-0.1, -0.05) is 37.1 Å². The molecule has 5 nitrogen and oxygen atoms in total. The van der Waals surface area contributed by atoms with Crippen LogP contribution in [0.2, 0.25) is 0 Å². The second-order valence-corrected chi connectivity index (χ2v) is 8.73. The van der Waals surface area contributed by atoms with Crippen molar-refractivity contribution in [3.05, 3.63) is 65.6 Å². The molecule has 0 unspecified atom stereocenters. The predicted octanol–water partition coefficient (Wildman–Crippen LogP) is 4.42. The van der Waals surface area contributed by atoms with E-state index in [0.29, 0.717) is 35.1 Å². The number of nitriles is 1. The number of nitrogens with zero attached hydrogens (tertiary/aromatic N) is 3. The first-order valence-corrected chi connectivity index (χ1v) is 11.2. The quantitative estimate of drug-likeness (QED) is 0.670. The van der Waals surface area contributed by atoms with Crippen LogP contribution < -0.4 is 5.32 Å². The van der Waals surface area contributed by atoms with Crippen molar-refractivity contribution < 1.29 is 9.18 Å². The third kappa shape index (κ3) is 3.53. The molecule has 1 aromatic heterocycles. The van der Waals surface area contributed by atoms with E-state index >= 15 is 0 Å². The molecule has 1 saturated heterocycles. The van der Waals surface area contributed by atoms with Crippen LogP contribution in [-0.2, 0) is 5.41 Å². The first kappa shape index (κ1) is 20.6. The van der Waals surface area contributed by atoms with Crippen LogP contribution in [0.4, 0.5) is 4.39 Å². The van der Waals surface area contributed by atoms with Gasteiger partial charge in [0.05, 0.1) is 22.6 Å². The summed E-state index contributed by atoms with van der Waals surface area (Å²) in [5.41, 5.74) is 3.24. The molecule has 2 aliphatic rings. The van der Waals surface area contributed by atoms with Crippen molar-refractivity contribution in [3.8, 4) is 17.2 Å². The van der Waals surface area contributed by atoms with E-state index in [1.807, 2.05) is 29.2 Å². The van der Waals surface area contributed by atoms with Crippen LogP contribution in [0.25, 0.3) is 22.0 Å². The van der Waals surface area contributed by atoms with Crippen molar-refractivity contribution >= 4 is 16.8 Å². The molecule has 0 spiro atoms. The van der Waals surface area contributed by atoms with Gasteiger partial charge in [-0.25, -0.2) is 4.39 Å². The molecular formula is C26H25FN4O. The van der Waals surface area contributed by atoms with Crippen LogP contribution in [0, 0.1) is 17.1 Å². The van der Waals surface area contributed by atoms with Gasteiger partial charge in [0.25, 0.3) is 5.91 Å². The van der Waals surface area contributed by atoms with Gasteiger partial charge in [0.1, 0.15) is 5.82 Å². The lowest BCUT2D eigenvalue weighted by Crippen LogP contribution is -2.46. The topological polar surface area (TPSA) is 69.0 Å². The number of piperazine rings is 1. The van der Waals surface area contributed by atoms with Crippen molar-refractivity contribution in [2.24, 2.45) is 0 Å². The molecular weight excluding hydrogens is 403 g/mol. The summed E-state index contributed by atoms with van der Waals surface area (Å²) < 4.78 is 14.2. The smallest absolute Gasteiger partial charge is 0.256 e. The van der Waals surface area contributed by atoms with Crippen molar-refractivity contribution in [2.45, 2.75) is 31.1 Å². The normalized spacial score (nSPS) is 17.9. The molecule has 2 aromatic carbocycles. The summed E-state index contributed by atoms with van der Waals surface area (Å²) in [5, 5.41) is 13.7. The molecule has 1 amide bonds. The third-order valence-electron chi connectivity index (χ3n) is 6.86. The van der Waals surface area contributed by atoms with Gasteiger partial charge in [-0.2, -0.15) is 5.26 Å². The Kier molecular flexibility index (Phi) is 5.36. The Hall–Kier alpha value is -3.30. The molecule has 2 heterocycles. The maximum Gasteiger partial charge on any atom is 0.256 e. The van der Waals surface area contributed by atoms with Crippen LogP contribution in [-0.4, -0.2) is 42.0 Å². The summed E-state index contributed by atoms with van der Waals surface area (Å²) in [6, 6.07) is 14.9. The summed E-state index contributed by atoms with van der Waals surface area (Å²) in [6.07, 6.45) is 5.49. The molecule has 5 rings (SSSR count). The van der Waals surface area contributed by atoms with E-state index in [0.717, 1.165) is 49.9 Å². The Labute approximate surface area is 186 Å². The number of halogens is 1. The van der Waals surface area contributed by atoms with Gasteiger partial charge in [0, 0.05) is 43.3 Å². The Balaban J connectivity index is 1.64. The number of fused-ring (bicyclic) bond motifs is 1. The van der Waals surface area contributed by atoms with Gasteiger partial charge in [-0.15, -0.1) is 0 Å². The van der Waals surface area contributed by atoms with E-state index in [4.69, 9.17) is 0 Å². The number of carbonyl (C=O) groups is 1. The Morgan fingerprint density at radius 1 is 1.09 bits per heavy atom. The fraction of sp³-hybridized carbons (Fsp3) is 0.346. The number of carbonyl (C=O) groups excluding carboxylic acids is 1. The second kappa shape index (κ2) is 8.33. The summed E-state index contributed by atoms with van der Waals surface area (Å²) in [6.45, 7) is 2.76. The monoisotopic (exact) mass is 428 g/mol. The fourth-order valence-electron chi connectivity index (χ4n) is 5.08. The number of aromatic nitrogens is 1. The Morgan fingerprint density at radius 3 is 2.50 bits per heavy atom. The summed E-state index contributed by atoms with van der Waals surface area (Å²) in [7, 11) is 0. The number of hydrogen-bond acceptors (Lipinski definition) is 4. The SMILES string of the molecule is N#CC1(c2ccc(-c3c(C(=O)N4CCNCC4)cnc4ccc(F)cc34)cc2)CCCC1. The molecule has 0 bridgehead atoms. The lowest BCUT2D eigenvalue weighted by atomic mass is 9.80. The van der Waals surface area contributed by atoms with Crippen LogP contribution in [0.5, 0.6) is 0 Å². The van der Waals surface area contributed by atoms with E-state index < -0.39 is 5.41 Å². The average Bonchev–Trinajstić information content (AvgIpc) is 3.34. The highest BCUT2D eigenvalue weighted by molar-refractivity contribution is 6.08. The lowest BCUT2D eigenvalue weighted by molar-refractivity contribution is 0.0736. The van der Waals surface area contributed by atoms with Crippen molar-refractivity contribution in [2.75, 3.05) is 26.2 Å². The number of hydrogen-bond donors (Lipinski definition) is 1. The van der Waals surface area contributed by atoms with E-state index in [1.54, 1.807) is 12.3 Å². The summed E-state index contributed by atoms with van der Waals surface area (Å²) in [4.78, 5) is 19.7. The van der Waals surface area contributed by atoms with Gasteiger partial charge >= 0.3 is 0 Å². The van der Waals surface area contributed by atoms with Crippen LogP contribution in [0.1, 0.15) is 41.6 Å². The van der Waals surface area contributed by atoms with Gasteiger partial charge < -0.3 is 10.2 Å². The van der Waals surface area contributed by atoms with Crippen LogP contribution in [0.15, 0.2) is 48.7 Å². The first-order chi connectivity index (χ1) is 15.6. The predicted molar refractivity (Wildman–Crippen MR) is 122 cm³/mol. The number of amides is 1. The molecule has 1 aliphatic heterocycles. The standard InChI is InChI=1S/C26H25FN4O/c27-20-7-8-23-21(15-20)24(22(16-30-23)25(32)31-13-11-29-12-14-31)18-3-5-19(6-4-18)26(17-28)9-1-2-10-26/h3-8,15-16,29H,1-2,9-14H2. The molecule has 1 N–H and O–H groups in total. The minimum Gasteiger partial charge on any atom is -0.336 e. The second-order valence-electron chi connectivity index (χ2n) is 8.73. The zero-order valence-electron chi connectivity index (χ0n) is 17.9. The highest BCUT2D eigenvalue weighted by Gasteiger charge is 2.35. The zero-order chi connectivity index (χ0) is 22.1. The molecule has 6 heteroatoms. The van der Waals surface area contributed by atoms with Gasteiger partial charge in [0.15, 0.2) is 0 Å². The Morgan fingerprint density at radius 2 is 1.81 bits per heavy atom. The van der Waals surface area contributed by atoms with Gasteiger partial charge in [-0.3, -0.25) is 9.78 Å². The number of rotatable bonds is 3. The fourth-order valence-corrected chi connectivity index (χ4v) is 5.08. The first-order valence-electron chi connectivity index (χ1n) is 11.2. The van der Waals surface area contributed by atoms with Crippen molar-refractivity contribution in [1.82, 2.24) is 15.2 Å². The molecule has 32 heavy (non-hydrogen) atoms. The highest BCUT2D eigenvalue weighted by atomic mass is 19.1. The van der Waals surface area contributed by atoms with Gasteiger partial charge in [-0.05, 0) is 42.2 Å². The minimum absolute atomic E-state index is 0.0893. The van der Waals surface area contributed by atoms with Crippen molar-refractivity contribution in [1.29, 1.82) is 5.26 Å². The molecule has 3 aromatic rings. The minimum atomic E-state index is -0.426. The molecule has 2 fully saturated rings. The Bertz CT molecular complexity index is 1200. The van der Waals surface area contributed by atoms with Crippen molar-refractivity contribution in [3.63, 3.8) is 0 Å². The lowest BCUT2D eigenvalue weighted by Gasteiger charge is -2.28. The van der Waals surface area contributed by atoms with E-state index in [2.05, 4.69) is 16.4 Å². The highest BCUT2D eigenvalue weighted by Crippen LogP contribution is 2.41. The number of benzene rings is 2. The average molecular weight is 429 g/mol. The van der Waals surface area contributed by atoms with E-state index in [9.17, 15) is 14.4 Å². The van der Waals surface area contributed by atoms with E-state index in [1.165, 1.54) is 12.1 Å². The van der Waals surface area contributed by atoms with Crippen LogP contribution >= 0.6 is 0 Å². The third-order valence-corrected chi connectivity index (χ3v) is 6.86. The number of nitrogens with one attached hydrogen (secondary N) is 1. The molecule has 1 saturated carbocycles. The molecule has 1 aliphatic carbocycles. The van der Waals surface area contributed by atoms with Crippen LogP contribution in [0.3, 0.4) is 0 Å². The van der Waals surface area contributed by atoms with Gasteiger partial charge in [0.2, 0.25) is 0 Å². The zero-order valence-corrected chi connectivity index (χ0v) is 17.9. The molecule has 0 atom stereocenters. The van der Waals surface area contributed by atoms with E-state index in [-0.39, 0.29) is 11.7 Å². The molecule has 162 valence electrons. The summed E-state index contributed by atoms with van der Waals surface area (Å²) >= 11 is 0. The maximum absolute atomic E-state index is 14.2. The molecule has 0 radical (unpaired) electrons.